The topological polar surface area (TPSA) is 78.1 Å². The molecule has 0 unspecified atom stereocenters. The summed E-state index contributed by atoms with van der Waals surface area (Å²) in [5, 5.41) is 10.1. The van der Waals surface area contributed by atoms with Crippen LogP contribution in [0.4, 0.5) is 0 Å². The van der Waals surface area contributed by atoms with Crippen molar-refractivity contribution < 1.29 is 8.42 Å². The van der Waals surface area contributed by atoms with Gasteiger partial charge >= 0.3 is 0 Å². The molecule has 0 aliphatic carbocycles. The van der Waals surface area contributed by atoms with Crippen molar-refractivity contribution in [3.05, 3.63) is 11.4 Å². The first-order valence-corrected chi connectivity index (χ1v) is 8.14. The van der Waals surface area contributed by atoms with Crippen molar-refractivity contribution in [1.82, 2.24) is 19.8 Å². The zero-order chi connectivity index (χ0) is 14.0. The molecule has 1 aromatic heterocycles. The fourth-order valence-electron chi connectivity index (χ4n) is 2.29. The minimum absolute atomic E-state index is 0.291. The van der Waals surface area contributed by atoms with E-state index in [9.17, 15) is 8.42 Å². The number of nitrogens with zero attached hydrogens (tertiary/aromatic N) is 2. The molecule has 1 fully saturated rings. The number of hydrogen-bond acceptors (Lipinski definition) is 4. The van der Waals surface area contributed by atoms with Gasteiger partial charge < -0.3 is 5.32 Å². The molecule has 1 aliphatic rings. The Balaban J connectivity index is 2.30. The summed E-state index contributed by atoms with van der Waals surface area (Å²) in [5.41, 5.74) is 1.20. The molecule has 0 atom stereocenters. The summed E-state index contributed by atoms with van der Waals surface area (Å²) >= 11 is 0. The van der Waals surface area contributed by atoms with Crippen molar-refractivity contribution in [3.8, 4) is 0 Å². The fraction of sp³-hybridized carbons (Fsp3) is 0.750. The number of H-pyrrole nitrogens is 1. The smallest absolute Gasteiger partial charge is 0.246 e. The van der Waals surface area contributed by atoms with Crippen molar-refractivity contribution in [1.29, 1.82) is 0 Å². The highest BCUT2D eigenvalue weighted by Crippen LogP contribution is 2.25. The average Bonchev–Trinajstić information content (AvgIpc) is 2.95. The van der Waals surface area contributed by atoms with E-state index in [0.717, 1.165) is 12.8 Å². The Morgan fingerprint density at radius 1 is 1.37 bits per heavy atom. The number of aromatic amines is 1. The third kappa shape index (κ3) is 2.98. The number of aromatic nitrogens is 2. The summed E-state index contributed by atoms with van der Waals surface area (Å²) in [4.78, 5) is 0.350. The molecule has 2 rings (SSSR count). The van der Waals surface area contributed by atoms with Crippen LogP contribution in [0.15, 0.2) is 4.90 Å². The van der Waals surface area contributed by atoms with Gasteiger partial charge in [0.25, 0.3) is 0 Å². The van der Waals surface area contributed by atoms with Crippen molar-refractivity contribution >= 4 is 10.0 Å². The molecule has 108 valence electrons. The van der Waals surface area contributed by atoms with Gasteiger partial charge in [-0.25, -0.2) is 8.42 Å². The molecular weight excluding hydrogens is 264 g/mol. The van der Waals surface area contributed by atoms with Crippen LogP contribution < -0.4 is 5.32 Å². The van der Waals surface area contributed by atoms with E-state index in [1.807, 2.05) is 13.8 Å². The van der Waals surface area contributed by atoms with Crippen LogP contribution in [-0.2, 0) is 16.6 Å². The lowest BCUT2D eigenvalue weighted by molar-refractivity contribution is 0.475. The lowest BCUT2D eigenvalue weighted by Gasteiger charge is -2.16. The second-order valence-electron chi connectivity index (χ2n) is 5.27. The average molecular weight is 286 g/mol. The molecule has 0 spiro atoms. The molecule has 0 saturated carbocycles. The van der Waals surface area contributed by atoms with Gasteiger partial charge in [0.15, 0.2) is 0 Å². The molecule has 7 heteroatoms. The molecule has 0 radical (unpaired) electrons. The van der Waals surface area contributed by atoms with Crippen LogP contribution in [0.2, 0.25) is 0 Å². The lowest BCUT2D eigenvalue weighted by atomic mass is 10.3. The maximum absolute atomic E-state index is 12.6. The second-order valence-corrected chi connectivity index (χ2v) is 7.15. The monoisotopic (exact) mass is 286 g/mol. The zero-order valence-corrected chi connectivity index (χ0v) is 12.5. The van der Waals surface area contributed by atoms with Crippen molar-refractivity contribution in [3.63, 3.8) is 0 Å². The van der Waals surface area contributed by atoms with Crippen LogP contribution in [0.25, 0.3) is 0 Å². The number of sulfonamides is 1. The van der Waals surface area contributed by atoms with Gasteiger partial charge in [-0.15, -0.1) is 0 Å². The second kappa shape index (κ2) is 5.60. The van der Waals surface area contributed by atoms with Gasteiger partial charge in [0.05, 0.1) is 11.4 Å². The van der Waals surface area contributed by atoms with Gasteiger partial charge in [0.1, 0.15) is 4.90 Å². The number of rotatable bonds is 5. The summed E-state index contributed by atoms with van der Waals surface area (Å²) in [6.07, 6.45) is 1.88. The lowest BCUT2D eigenvalue weighted by Crippen LogP contribution is -2.30. The summed E-state index contributed by atoms with van der Waals surface area (Å²) < 4.78 is 26.8. The number of nitrogens with one attached hydrogen (secondary N) is 2. The highest BCUT2D eigenvalue weighted by atomic mass is 32.2. The molecule has 1 saturated heterocycles. The van der Waals surface area contributed by atoms with Crippen LogP contribution in [0.3, 0.4) is 0 Å². The predicted molar refractivity (Wildman–Crippen MR) is 73.3 cm³/mol. The summed E-state index contributed by atoms with van der Waals surface area (Å²) in [6, 6.07) is 0.291. The highest BCUT2D eigenvalue weighted by molar-refractivity contribution is 7.89. The van der Waals surface area contributed by atoms with E-state index in [-0.39, 0.29) is 0 Å². The Labute approximate surface area is 114 Å². The van der Waals surface area contributed by atoms with E-state index in [1.54, 1.807) is 11.2 Å². The molecule has 0 aromatic carbocycles. The van der Waals surface area contributed by atoms with Gasteiger partial charge in [-0.1, -0.05) is 13.8 Å². The fourth-order valence-corrected chi connectivity index (χ4v) is 4.14. The summed E-state index contributed by atoms with van der Waals surface area (Å²) in [5.74, 6) is 0. The molecule has 2 N–H and O–H groups in total. The summed E-state index contributed by atoms with van der Waals surface area (Å²) in [6.45, 7) is 7.50. The zero-order valence-electron chi connectivity index (χ0n) is 11.7. The minimum atomic E-state index is -3.41. The first-order valence-electron chi connectivity index (χ1n) is 6.70. The molecule has 1 aliphatic heterocycles. The van der Waals surface area contributed by atoms with E-state index in [4.69, 9.17) is 0 Å². The van der Waals surface area contributed by atoms with Crippen LogP contribution in [0, 0.1) is 6.92 Å². The first-order chi connectivity index (χ1) is 8.93. The van der Waals surface area contributed by atoms with Crippen LogP contribution >= 0.6 is 0 Å². The summed E-state index contributed by atoms with van der Waals surface area (Å²) in [7, 11) is -3.41. The molecule has 0 amide bonds. The molecular formula is C12H22N4O2S. The van der Waals surface area contributed by atoms with Gasteiger partial charge in [0, 0.05) is 25.7 Å². The molecule has 6 nitrogen and oxygen atoms in total. The molecule has 0 bridgehead atoms. The molecule has 2 heterocycles. The van der Waals surface area contributed by atoms with Gasteiger partial charge in [0.2, 0.25) is 10.0 Å². The highest BCUT2D eigenvalue weighted by Gasteiger charge is 2.32. The maximum atomic E-state index is 12.6. The Hall–Kier alpha value is -0.920. The van der Waals surface area contributed by atoms with E-state index in [1.165, 1.54) is 0 Å². The van der Waals surface area contributed by atoms with E-state index in [2.05, 4.69) is 15.5 Å². The first kappa shape index (κ1) is 14.5. The Bertz CT molecular complexity index is 530. The van der Waals surface area contributed by atoms with Crippen molar-refractivity contribution in [2.75, 3.05) is 13.1 Å². The minimum Gasteiger partial charge on any atom is -0.309 e. The Morgan fingerprint density at radius 2 is 2.00 bits per heavy atom. The normalized spacial score (nSPS) is 17.5. The number of aryl methyl sites for hydroxylation is 1. The van der Waals surface area contributed by atoms with Gasteiger partial charge in [-0.2, -0.15) is 9.40 Å². The van der Waals surface area contributed by atoms with Crippen LogP contribution in [0.1, 0.15) is 38.1 Å². The van der Waals surface area contributed by atoms with Crippen molar-refractivity contribution in [2.24, 2.45) is 0 Å². The standard InChI is InChI=1S/C12H22N4O2S/c1-9(2)13-8-11-12(10(3)14-15-11)19(17,18)16-6-4-5-7-16/h9,13H,4-8H2,1-3H3,(H,14,15). The third-order valence-corrected chi connectivity index (χ3v) is 5.40. The van der Waals surface area contributed by atoms with Crippen LogP contribution in [0.5, 0.6) is 0 Å². The van der Waals surface area contributed by atoms with Gasteiger partial charge in [-0.3, -0.25) is 5.10 Å². The molecule has 1 aromatic rings. The SMILES string of the molecule is Cc1[nH]nc(CNC(C)C)c1S(=O)(=O)N1CCCC1. The number of hydrogen-bond donors (Lipinski definition) is 2. The molecule has 19 heavy (non-hydrogen) atoms. The third-order valence-electron chi connectivity index (χ3n) is 3.30. The Kier molecular flexibility index (Phi) is 4.27. The Morgan fingerprint density at radius 3 is 2.58 bits per heavy atom. The van der Waals surface area contributed by atoms with E-state index >= 15 is 0 Å². The van der Waals surface area contributed by atoms with E-state index < -0.39 is 10.0 Å². The predicted octanol–water partition coefficient (Wildman–Crippen LogP) is 1.00. The maximum Gasteiger partial charge on any atom is 0.246 e. The van der Waals surface area contributed by atoms with E-state index in [0.29, 0.717) is 42.0 Å². The van der Waals surface area contributed by atoms with Crippen molar-refractivity contribution in [2.45, 2.75) is 51.1 Å². The van der Waals surface area contributed by atoms with Crippen LogP contribution in [-0.4, -0.2) is 42.1 Å². The quantitative estimate of drug-likeness (QED) is 0.846. The largest absolute Gasteiger partial charge is 0.309 e. The van der Waals surface area contributed by atoms with Gasteiger partial charge in [-0.05, 0) is 19.8 Å².